The molecule has 1 aromatic heterocycles. The number of ether oxygens (including phenoxy) is 1. The molecule has 0 spiro atoms. The fraction of sp³-hybridized carbons (Fsp3) is 0.500. The number of carbonyl (C=O) groups excluding carboxylic acids is 2. The quantitative estimate of drug-likeness (QED) is 0.598. The van der Waals surface area contributed by atoms with Gasteiger partial charge < -0.3 is 24.8 Å². The average Bonchev–Trinajstić information content (AvgIpc) is 3.39. The number of likely N-dealkylation sites (tertiary alicyclic amines) is 2. The Bertz CT molecular complexity index is 1080. The second-order valence-electron chi connectivity index (χ2n) is 9.60. The highest BCUT2D eigenvalue weighted by atomic mass is 35.5. The molecule has 2 aliphatic rings. The summed E-state index contributed by atoms with van der Waals surface area (Å²) < 4.78 is 5.69. The molecule has 35 heavy (non-hydrogen) atoms. The Hall–Kier alpha value is -2.84. The summed E-state index contributed by atoms with van der Waals surface area (Å²) in [6, 6.07) is 9.21. The van der Waals surface area contributed by atoms with E-state index in [0.29, 0.717) is 47.9 Å². The van der Waals surface area contributed by atoms with Crippen molar-refractivity contribution in [2.24, 2.45) is 11.8 Å². The van der Waals surface area contributed by atoms with Crippen LogP contribution in [0.15, 0.2) is 30.3 Å². The van der Waals surface area contributed by atoms with Crippen LogP contribution in [0.25, 0.3) is 0 Å². The van der Waals surface area contributed by atoms with Gasteiger partial charge >= 0.3 is 0 Å². The molecule has 0 radical (unpaired) electrons. The number of pyridine rings is 1. The zero-order valence-corrected chi connectivity index (χ0v) is 21.6. The van der Waals surface area contributed by atoms with Crippen molar-refractivity contribution in [2.75, 3.05) is 63.6 Å². The Labute approximate surface area is 212 Å². The first-order valence-electron chi connectivity index (χ1n) is 12.1. The molecule has 0 bridgehead atoms. The van der Waals surface area contributed by atoms with Crippen molar-refractivity contribution in [3.8, 4) is 5.88 Å². The smallest absolute Gasteiger partial charge is 0.259 e. The molecule has 2 aromatic rings. The van der Waals surface area contributed by atoms with Gasteiger partial charge in [-0.05, 0) is 55.5 Å². The third-order valence-corrected chi connectivity index (χ3v) is 7.18. The van der Waals surface area contributed by atoms with Gasteiger partial charge in [0.1, 0.15) is 11.4 Å². The molecule has 2 fully saturated rings. The molecule has 8 nitrogen and oxygen atoms in total. The molecule has 2 unspecified atom stereocenters. The summed E-state index contributed by atoms with van der Waals surface area (Å²) in [4.78, 5) is 36.4. The third-order valence-electron chi connectivity index (χ3n) is 6.78. The number of anilines is 2. The Kier molecular flexibility index (Phi) is 7.82. The Morgan fingerprint density at radius 1 is 1.14 bits per heavy atom. The summed E-state index contributed by atoms with van der Waals surface area (Å²) in [6.45, 7) is 8.21. The lowest BCUT2D eigenvalue weighted by molar-refractivity contribution is -0.116. The minimum Gasteiger partial charge on any atom is -0.477 e. The lowest BCUT2D eigenvalue weighted by atomic mass is 10.0. The van der Waals surface area contributed by atoms with E-state index in [2.05, 4.69) is 15.2 Å². The molecule has 4 rings (SSSR count). The zero-order valence-electron chi connectivity index (χ0n) is 20.9. The summed E-state index contributed by atoms with van der Waals surface area (Å²) in [5.74, 6) is 1.95. The SMILES string of the molecule is CCOc1nc(N(C)C)ccc1C(=O)N1CC2CN(CCC(=O)Nc3ccc(C)c(Cl)c3)CC2C1. The predicted molar refractivity (Wildman–Crippen MR) is 138 cm³/mol. The molecule has 2 saturated heterocycles. The van der Waals surface area contributed by atoms with Crippen molar-refractivity contribution >= 4 is 34.9 Å². The molecule has 0 saturated carbocycles. The maximum absolute atomic E-state index is 13.3. The Morgan fingerprint density at radius 3 is 2.49 bits per heavy atom. The first-order chi connectivity index (χ1) is 16.7. The zero-order chi connectivity index (χ0) is 25.1. The average molecular weight is 500 g/mol. The van der Waals surface area contributed by atoms with Crippen molar-refractivity contribution in [1.29, 1.82) is 0 Å². The molecule has 0 aliphatic carbocycles. The minimum absolute atomic E-state index is 0.0177. The number of amides is 2. The van der Waals surface area contributed by atoms with E-state index in [1.54, 1.807) is 6.07 Å². The van der Waals surface area contributed by atoms with Crippen LogP contribution in [-0.4, -0.2) is 80.0 Å². The van der Waals surface area contributed by atoms with E-state index >= 15 is 0 Å². The number of rotatable bonds is 8. The number of aromatic nitrogens is 1. The second-order valence-corrected chi connectivity index (χ2v) is 10.0. The molecule has 3 heterocycles. The van der Waals surface area contributed by atoms with E-state index in [1.165, 1.54) is 0 Å². The summed E-state index contributed by atoms with van der Waals surface area (Å²) in [7, 11) is 3.82. The van der Waals surface area contributed by atoms with Gasteiger partial charge in [-0.1, -0.05) is 17.7 Å². The van der Waals surface area contributed by atoms with Crippen LogP contribution >= 0.6 is 11.6 Å². The van der Waals surface area contributed by atoms with E-state index in [0.717, 1.165) is 43.2 Å². The van der Waals surface area contributed by atoms with Crippen LogP contribution in [0.3, 0.4) is 0 Å². The molecule has 1 aromatic carbocycles. The van der Waals surface area contributed by atoms with E-state index < -0.39 is 0 Å². The fourth-order valence-electron chi connectivity index (χ4n) is 4.85. The molecule has 1 N–H and O–H groups in total. The van der Waals surface area contributed by atoms with Gasteiger partial charge in [0, 0.05) is 63.9 Å². The molecular weight excluding hydrogens is 466 g/mol. The summed E-state index contributed by atoms with van der Waals surface area (Å²) >= 11 is 6.15. The van der Waals surface area contributed by atoms with Crippen molar-refractivity contribution in [1.82, 2.24) is 14.8 Å². The van der Waals surface area contributed by atoms with Crippen LogP contribution < -0.4 is 15.0 Å². The van der Waals surface area contributed by atoms with Crippen LogP contribution in [0.4, 0.5) is 11.5 Å². The van der Waals surface area contributed by atoms with Crippen LogP contribution in [0, 0.1) is 18.8 Å². The molecule has 9 heteroatoms. The van der Waals surface area contributed by atoms with Gasteiger partial charge in [-0.15, -0.1) is 0 Å². The normalized spacial score (nSPS) is 19.5. The van der Waals surface area contributed by atoms with Crippen molar-refractivity contribution in [3.05, 3.63) is 46.5 Å². The number of benzene rings is 1. The maximum atomic E-state index is 13.3. The maximum Gasteiger partial charge on any atom is 0.259 e. The van der Waals surface area contributed by atoms with Crippen LogP contribution in [0.1, 0.15) is 29.3 Å². The van der Waals surface area contributed by atoms with Crippen LogP contribution in [0.2, 0.25) is 5.02 Å². The summed E-state index contributed by atoms with van der Waals surface area (Å²) in [6.07, 6.45) is 0.426. The number of hydrogen-bond acceptors (Lipinski definition) is 6. The summed E-state index contributed by atoms with van der Waals surface area (Å²) in [5.41, 5.74) is 2.22. The minimum atomic E-state index is -0.0247. The lowest BCUT2D eigenvalue weighted by Crippen LogP contribution is -2.34. The standard InChI is InChI=1S/C26H34ClN5O3/c1-5-35-25-21(8-9-23(29-25)30(3)4)26(34)32-15-18-13-31(14-19(18)16-32)11-10-24(33)28-20-7-6-17(2)22(27)12-20/h6-9,12,18-19H,5,10-11,13-16H2,1-4H3,(H,28,33). The highest BCUT2D eigenvalue weighted by molar-refractivity contribution is 6.31. The third kappa shape index (κ3) is 5.87. The first-order valence-corrected chi connectivity index (χ1v) is 12.5. The van der Waals surface area contributed by atoms with Gasteiger partial charge in [-0.2, -0.15) is 4.98 Å². The summed E-state index contributed by atoms with van der Waals surface area (Å²) in [5, 5.41) is 3.57. The monoisotopic (exact) mass is 499 g/mol. The number of nitrogens with zero attached hydrogens (tertiary/aromatic N) is 4. The van der Waals surface area contributed by atoms with Gasteiger partial charge in [0.15, 0.2) is 0 Å². The largest absolute Gasteiger partial charge is 0.477 e. The number of hydrogen-bond donors (Lipinski definition) is 1. The van der Waals surface area contributed by atoms with E-state index in [1.807, 2.05) is 62.0 Å². The number of aryl methyl sites for hydroxylation is 1. The molecular formula is C26H34ClN5O3. The van der Waals surface area contributed by atoms with Gasteiger partial charge in [0.05, 0.1) is 6.61 Å². The molecule has 2 amide bonds. The highest BCUT2D eigenvalue weighted by Gasteiger charge is 2.42. The van der Waals surface area contributed by atoms with Crippen LogP contribution in [0.5, 0.6) is 5.88 Å². The number of fused-ring (bicyclic) bond motifs is 1. The lowest BCUT2D eigenvalue weighted by Gasteiger charge is -2.22. The van der Waals surface area contributed by atoms with Gasteiger partial charge in [0.2, 0.25) is 11.8 Å². The molecule has 2 aliphatic heterocycles. The number of nitrogens with one attached hydrogen (secondary N) is 1. The first kappa shape index (κ1) is 25.3. The van der Waals surface area contributed by atoms with Crippen molar-refractivity contribution in [2.45, 2.75) is 20.3 Å². The van der Waals surface area contributed by atoms with E-state index in [4.69, 9.17) is 16.3 Å². The Morgan fingerprint density at radius 2 is 1.86 bits per heavy atom. The second kappa shape index (κ2) is 10.8. The number of carbonyl (C=O) groups is 2. The van der Waals surface area contributed by atoms with Gasteiger partial charge in [0.25, 0.3) is 5.91 Å². The predicted octanol–water partition coefficient (Wildman–Crippen LogP) is 3.54. The fourth-order valence-corrected chi connectivity index (χ4v) is 5.03. The highest BCUT2D eigenvalue weighted by Crippen LogP contribution is 2.33. The van der Waals surface area contributed by atoms with E-state index in [9.17, 15) is 9.59 Å². The van der Waals surface area contributed by atoms with E-state index in [-0.39, 0.29) is 11.8 Å². The van der Waals surface area contributed by atoms with Crippen molar-refractivity contribution in [3.63, 3.8) is 0 Å². The van der Waals surface area contributed by atoms with Crippen molar-refractivity contribution < 1.29 is 14.3 Å². The molecule has 188 valence electrons. The number of halogens is 1. The van der Waals surface area contributed by atoms with Crippen LogP contribution in [-0.2, 0) is 4.79 Å². The van der Waals surface area contributed by atoms with Gasteiger partial charge in [-0.25, -0.2) is 0 Å². The van der Waals surface area contributed by atoms with Gasteiger partial charge in [-0.3, -0.25) is 9.59 Å². The molecule has 2 atom stereocenters. The topological polar surface area (TPSA) is 78.0 Å². The Balaban J connectivity index is 1.28.